The molecular formula is C17H18N2O5S2. The van der Waals surface area contributed by atoms with Crippen LogP contribution in [-0.4, -0.2) is 44.3 Å². The van der Waals surface area contributed by atoms with Crippen LogP contribution in [0.4, 0.5) is 5.69 Å². The fourth-order valence-electron chi connectivity index (χ4n) is 2.60. The molecule has 0 saturated carbocycles. The molecule has 1 amide bonds. The standard InChI is InChI=1S/C17H18N2O5S2/c20-16(11-24-17(21)13-6-9-25-12-13)18-14-4-3-5-15(10-14)26(22,23)19-7-1-2-8-19/h3-6,9-10,12H,1-2,7-8,11H2,(H,18,20). The second kappa shape index (κ2) is 7.98. The molecule has 1 N–H and O–H groups in total. The number of carbonyl (C=O) groups excluding carboxylic acids is 2. The molecule has 7 nitrogen and oxygen atoms in total. The number of sulfonamides is 1. The average molecular weight is 394 g/mol. The number of carbonyl (C=O) groups is 2. The Morgan fingerprint density at radius 3 is 2.65 bits per heavy atom. The summed E-state index contributed by atoms with van der Waals surface area (Å²) in [5, 5.41) is 5.92. The zero-order chi connectivity index (χ0) is 18.6. The fraction of sp³-hybridized carbons (Fsp3) is 0.294. The number of nitrogens with one attached hydrogen (secondary N) is 1. The van der Waals surface area contributed by atoms with E-state index in [2.05, 4.69) is 5.32 Å². The van der Waals surface area contributed by atoms with Gasteiger partial charge in [-0.05, 0) is 42.5 Å². The lowest BCUT2D eigenvalue weighted by molar-refractivity contribution is -0.119. The number of hydrogen-bond acceptors (Lipinski definition) is 6. The third-order valence-corrected chi connectivity index (χ3v) is 6.49. The normalized spacial score (nSPS) is 14.9. The molecule has 138 valence electrons. The summed E-state index contributed by atoms with van der Waals surface area (Å²) in [7, 11) is -3.55. The van der Waals surface area contributed by atoms with Gasteiger partial charge in [-0.2, -0.15) is 15.6 Å². The molecule has 0 aliphatic carbocycles. The molecule has 0 atom stereocenters. The van der Waals surface area contributed by atoms with Gasteiger partial charge in [0, 0.05) is 24.2 Å². The van der Waals surface area contributed by atoms with Gasteiger partial charge in [-0.3, -0.25) is 4.79 Å². The number of nitrogens with zero attached hydrogens (tertiary/aromatic N) is 1. The number of benzene rings is 1. The van der Waals surface area contributed by atoms with Crippen LogP contribution in [-0.2, 0) is 19.6 Å². The van der Waals surface area contributed by atoms with Crippen molar-refractivity contribution in [2.45, 2.75) is 17.7 Å². The van der Waals surface area contributed by atoms with E-state index in [4.69, 9.17) is 4.74 Å². The smallest absolute Gasteiger partial charge is 0.339 e. The Hall–Kier alpha value is -2.23. The van der Waals surface area contributed by atoms with Crippen LogP contribution in [0.15, 0.2) is 46.0 Å². The zero-order valence-electron chi connectivity index (χ0n) is 13.9. The number of hydrogen-bond donors (Lipinski definition) is 1. The van der Waals surface area contributed by atoms with Gasteiger partial charge < -0.3 is 10.1 Å². The van der Waals surface area contributed by atoms with E-state index < -0.39 is 28.5 Å². The van der Waals surface area contributed by atoms with Gasteiger partial charge >= 0.3 is 5.97 Å². The van der Waals surface area contributed by atoms with E-state index >= 15 is 0 Å². The molecule has 2 heterocycles. The first kappa shape index (κ1) is 18.6. The summed E-state index contributed by atoms with van der Waals surface area (Å²) in [6.07, 6.45) is 1.70. The van der Waals surface area contributed by atoms with Gasteiger partial charge in [-0.25, -0.2) is 13.2 Å². The van der Waals surface area contributed by atoms with Crippen molar-refractivity contribution in [1.82, 2.24) is 4.31 Å². The van der Waals surface area contributed by atoms with Crippen LogP contribution < -0.4 is 5.32 Å². The lowest BCUT2D eigenvalue weighted by atomic mass is 10.3. The van der Waals surface area contributed by atoms with Gasteiger partial charge in [-0.1, -0.05) is 6.07 Å². The summed E-state index contributed by atoms with van der Waals surface area (Å²) in [4.78, 5) is 23.8. The predicted molar refractivity (Wildman–Crippen MR) is 97.7 cm³/mol. The van der Waals surface area contributed by atoms with Crippen molar-refractivity contribution in [3.8, 4) is 0 Å². The Bertz CT molecular complexity index is 888. The highest BCUT2D eigenvalue weighted by atomic mass is 32.2. The summed E-state index contributed by atoms with van der Waals surface area (Å²) in [6, 6.07) is 7.67. The van der Waals surface area contributed by atoms with E-state index in [-0.39, 0.29) is 4.90 Å². The average Bonchev–Trinajstić information content (AvgIpc) is 3.33. The SMILES string of the molecule is O=C(COC(=O)c1ccsc1)Nc1cccc(S(=O)(=O)N2CCCC2)c1. The van der Waals surface area contributed by atoms with Crippen molar-refractivity contribution in [1.29, 1.82) is 0 Å². The minimum Gasteiger partial charge on any atom is -0.452 e. The van der Waals surface area contributed by atoms with Crippen molar-refractivity contribution in [3.05, 3.63) is 46.7 Å². The summed E-state index contributed by atoms with van der Waals surface area (Å²) in [5.74, 6) is -1.11. The summed E-state index contributed by atoms with van der Waals surface area (Å²) < 4.78 is 31.5. The monoisotopic (exact) mass is 394 g/mol. The first-order chi connectivity index (χ1) is 12.5. The molecule has 1 saturated heterocycles. The van der Waals surface area contributed by atoms with E-state index in [9.17, 15) is 18.0 Å². The fourth-order valence-corrected chi connectivity index (χ4v) is 4.79. The molecule has 26 heavy (non-hydrogen) atoms. The highest BCUT2D eigenvalue weighted by molar-refractivity contribution is 7.89. The first-order valence-electron chi connectivity index (χ1n) is 8.06. The third kappa shape index (κ3) is 4.29. The molecule has 9 heteroatoms. The van der Waals surface area contributed by atoms with Crippen LogP contribution in [0.1, 0.15) is 23.2 Å². The number of anilines is 1. The van der Waals surface area contributed by atoms with Gasteiger partial charge in [0.2, 0.25) is 10.0 Å². The van der Waals surface area contributed by atoms with Crippen molar-refractivity contribution >= 4 is 38.9 Å². The largest absolute Gasteiger partial charge is 0.452 e. The molecule has 0 bridgehead atoms. The quantitative estimate of drug-likeness (QED) is 0.759. The van der Waals surface area contributed by atoms with Crippen LogP contribution in [0.3, 0.4) is 0 Å². The second-order valence-electron chi connectivity index (χ2n) is 5.78. The maximum Gasteiger partial charge on any atom is 0.339 e. The minimum absolute atomic E-state index is 0.132. The Kier molecular flexibility index (Phi) is 5.70. The van der Waals surface area contributed by atoms with Crippen molar-refractivity contribution in [2.24, 2.45) is 0 Å². The van der Waals surface area contributed by atoms with E-state index in [0.717, 1.165) is 12.8 Å². The Balaban J connectivity index is 1.61. The van der Waals surface area contributed by atoms with Crippen LogP contribution in [0.25, 0.3) is 0 Å². The summed E-state index contributed by atoms with van der Waals surface area (Å²) >= 11 is 1.36. The van der Waals surface area contributed by atoms with Crippen molar-refractivity contribution < 1.29 is 22.7 Å². The highest BCUT2D eigenvalue weighted by Gasteiger charge is 2.27. The maximum absolute atomic E-state index is 12.6. The second-order valence-corrected chi connectivity index (χ2v) is 8.49. The van der Waals surface area contributed by atoms with Crippen LogP contribution in [0, 0.1) is 0 Å². The van der Waals surface area contributed by atoms with E-state index in [1.807, 2.05) is 0 Å². The molecule has 0 spiro atoms. The van der Waals surface area contributed by atoms with Crippen LogP contribution >= 0.6 is 11.3 Å². The lowest BCUT2D eigenvalue weighted by Gasteiger charge is -2.16. The maximum atomic E-state index is 12.6. The van der Waals surface area contributed by atoms with Gasteiger partial charge in [-0.15, -0.1) is 0 Å². The Morgan fingerprint density at radius 2 is 1.96 bits per heavy atom. The Morgan fingerprint density at radius 1 is 1.19 bits per heavy atom. The number of ether oxygens (including phenoxy) is 1. The number of thiophene rings is 1. The van der Waals surface area contributed by atoms with Crippen molar-refractivity contribution in [3.63, 3.8) is 0 Å². The molecular weight excluding hydrogens is 376 g/mol. The van der Waals surface area contributed by atoms with Crippen LogP contribution in [0.2, 0.25) is 0 Å². The van der Waals surface area contributed by atoms with Gasteiger partial charge in [0.05, 0.1) is 10.5 Å². The zero-order valence-corrected chi connectivity index (χ0v) is 15.5. The van der Waals surface area contributed by atoms with Crippen LogP contribution in [0.5, 0.6) is 0 Å². The number of amides is 1. The van der Waals surface area contributed by atoms with E-state index in [0.29, 0.717) is 24.3 Å². The van der Waals surface area contributed by atoms with Gasteiger partial charge in [0.25, 0.3) is 5.91 Å². The molecule has 1 aromatic carbocycles. The van der Waals surface area contributed by atoms with Crippen molar-refractivity contribution in [2.75, 3.05) is 25.0 Å². The summed E-state index contributed by atoms with van der Waals surface area (Å²) in [6.45, 7) is 0.576. The molecule has 0 unspecified atom stereocenters. The first-order valence-corrected chi connectivity index (χ1v) is 10.4. The molecule has 1 aliphatic heterocycles. The molecule has 0 radical (unpaired) electrons. The lowest BCUT2D eigenvalue weighted by Crippen LogP contribution is -2.28. The molecule has 1 aromatic heterocycles. The topological polar surface area (TPSA) is 92.8 Å². The Labute approximate surface area is 155 Å². The third-order valence-electron chi connectivity index (χ3n) is 3.91. The minimum atomic E-state index is -3.55. The molecule has 1 aliphatic rings. The van der Waals surface area contributed by atoms with E-state index in [1.165, 1.54) is 27.8 Å². The van der Waals surface area contributed by atoms with Gasteiger partial charge in [0.1, 0.15) is 0 Å². The highest BCUT2D eigenvalue weighted by Crippen LogP contribution is 2.23. The molecule has 3 rings (SSSR count). The van der Waals surface area contributed by atoms with Gasteiger partial charge in [0.15, 0.2) is 6.61 Å². The number of esters is 1. The molecule has 1 fully saturated rings. The van der Waals surface area contributed by atoms with E-state index in [1.54, 1.807) is 29.0 Å². The predicted octanol–water partition coefficient (Wildman–Crippen LogP) is 2.33. The number of rotatable bonds is 6. The molecule has 2 aromatic rings. The summed E-state index contributed by atoms with van der Waals surface area (Å²) in [5.41, 5.74) is 0.725.